The molecule has 0 saturated carbocycles. The minimum atomic E-state index is -1.50. The molecule has 0 aromatic heterocycles. The number of hydrogen-bond donors (Lipinski definition) is 4. The zero-order valence-electron chi connectivity index (χ0n) is 8.41. The third-order valence-electron chi connectivity index (χ3n) is 2.53. The van der Waals surface area contributed by atoms with E-state index in [0.717, 1.165) is 11.1 Å². The summed E-state index contributed by atoms with van der Waals surface area (Å²) in [6, 6.07) is 1.77. The van der Waals surface area contributed by atoms with Crippen molar-refractivity contribution in [2.45, 2.75) is 20.4 Å². The summed E-state index contributed by atoms with van der Waals surface area (Å²) in [5.74, 6) is 0. The standard InChI is InChI=1S/C9H15BN2O2/c1-5-7(4-11)3-8(12)6(2)9(5)10(13)14/h3,13-14H,4,11-12H2,1-2H3. The second kappa shape index (κ2) is 4.00. The minimum Gasteiger partial charge on any atom is -0.423 e. The first kappa shape index (κ1) is 11.0. The first-order valence-corrected chi connectivity index (χ1v) is 4.43. The summed E-state index contributed by atoms with van der Waals surface area (Å²) < 4.78 is 0. The van der Waals surface area contributed by atoms with Crippen molar-refractivity contribution in [3.05, 3.63) is 22.8 Å². The first-order chi connectivity index (χ1) is 6.49. The van der Waals surface area contributed by atoms with Crippen molar-refractivity contribution in [3.8, 4) is 0 Å². The molecule has 0 amide bonds. The van der Waals surface area contributed by atoms with Crippen LogP contribution in [0.25, 0.3) is 0 Å². The smallest absolute Gasteiger partial charge is 0.423 e. The van der Waals surface area contributed by atoms with E-state index in [-0.39, 0.29) is 0 Å². The Morgan fingerprint density at radius 1 is 1.29 bits per heavy atom. The van der Waals surface area contributed by atoms with Gasteiger partial charge in [-0.1, -0.05) is 0 Å². The summed E-state index contributed by atoms with van der Waals surface area (Å²) in [6.07, 6.45) is 0. The second-order valence-corrected chi connectivity index (χ2v) is 3.37. The van der Waals surface area contributed by atoms with Crippen LogP contribution in [0, 0.1) is 13.8 Å². The van der Waals surface area contributed by atoms with Crippen LogP contribution in [-0.2, 0) is 6.54 Å². The van der Waals surface area contributed by atoms with Crippen molar-refractivity contribution < 1.29 is 10.0 Å². The summed E-state index contributed by atoms with van der Waals surface area (Å²) in [5, 5.41) is 18.4. The predicted octanol–water partition coefficient (Wildman–Crippen LogP) is -0.976. The first-order valence-electron chi connectivity index (χ1n) is 4.43. The van der Waals surface area contributed by atoms with E-state index in [1.807, 2.05) is 6.92 Å². The molecule has 0 bridgehead atoms. The maximum Gasteiger partial charge on any atom is 0.489 e. The van der Waals surface area contributed by atoms with Crippen molar-refractivity contribution in [2.75, 3.05) is 5.73 Å². The molecule has 1 rings (SSSR count). The third kappa shape index (κ3) is 1.75. The largest absolute Gasteiger partial charge is 0.489 e. The molecule has 6 N–H and O–H groups in total. The van der Waals surface area contributed by atoms with E-state index < -0.39 is 7.12 Å². The fourth-order valence-electron chi connectivity index (χ4n) is 1.61. The molecule has 0 aliphatic heterocycles. The molecule has 1 aromatic rings. The van der Waals surface area contributed by atoms with Gasteiger partial charge in [-0.25, -0.2) is 0 Å². The fraction of sp³-hybridized carbons (Fsp3) is 0.333. The Bertz CT molecular complexity index is 353. The van der Waals surface area contributed by atoms with Gasteiger partial charge in [-0.05, 0) is 42.1 Å². The highest BCUT2D eigenvalue weighted by Gasteiger charge is 2.20. The Morgan fingerprint density at radius 2 is 1.86 bits per heavy atom. The molecule has 0 unspecified atom stereocenters. The fourth-order valence-corrected chi connectivity index (χ4v) is 1.61. The van der Waals surface area contributed by atoms with Crippen LogP contribution < -0.4 is 16.9 Å². The Labute approximate surface area is 83.7 Å². The molecule has 0 spiro atoms. The Balaban J connectivity index is 3.45. The molecular weight excluding hydrogens is 179 g/mol. The number of hydrogen-bond acceptors (Lipinski definition) is 4. The molecule has 0 saturated heterocycles. The van der Waals surface area contributed by atoms with Crippen LogP contribution in [0.3, 0.4) is 0 Å². The molecule has 0 radical (unpaired) electrons. The van der Waals surface area contributed by atoms with Crippen LogP contribution >= 0.6 is 0 Å². The lowest BCUT2D eigenvalue weighted by Gasteiger charge is -2.15. The predicted molar refractivity (Wildman–Crippen MR) is 58.0 cm³/mol. The van der Waals surface area contributed by atoms with Crippen LogP contribution in [0.4, 0.5) is 5.69 Å². The zero-order valence-corrected chi connectivity index (χ0v) is 8.41. The van der Waals surface area contributed by atoms with Crippen LogP contribution in [0.1, 0.15) is 16.7 Å². The van der Waals surface area contributed by atoms with E-state index in [1.54, 1.807) is 13.0 Å². The zero-order chi connectivity index (χ0) is 10.9. The summed E-state index contributed by atoms with van der Waals surface area (Å²) in [5.41, 5.74) is 14.6. The van der Waals surface area contributed by atoms with Crippen molar-refractivity contribution in [1.82, 2.24) is 0 Å². The van der Waals surface area contributed by atoms with E-state index in [1.165, 1.54) is 0 Å². The Hall–Kier alpha value is -1.04. The number of nitrogens with two attached hydrogens (primary N) is 2. The minimum absolute atomic E-state index is 0.343. The van der Waals surface area contributed by atoms with Crippen molar-refractivity contribution in [3.63, 3.8) is 0 Å². The van der Waals surface area contributed by atoms with Crippen molar-refractivity contribution >= 4 is 18.3 Å². The maximum atomic E-state index is 9.19. The van der Waals surface area contributed by atoms with Gasteiger partial charge in [0, 0.05) is 12.2 Å². The highest BCUT2D eigenvalue weighted by Crippen LogP contribution is 2.15. The van der Waals surface area contributed by atoms with Gasteiger partial charge in [0.25, 0.3) is 0 Å². The lowest BCUT2D eigenvalue weighted by Crippen LogP contribution is -2.36. The molecule has 0 heterocycles. The number of nitrogen functional groups attached to an aromatic ring is 1. The molecule has 0 atom stereocenters. The van der Waals surface area contributed by atoms with Gasteiger partial charge in [0.1, 0.15) is 0 Å². The van der Waals surface area contributed by atoms with E-state index in [9.17, 15) is 10.0 Å². The van der Waals surface area contributed by atoms with E-state index in [4.69, 9.17) is 11.5 Å². The Morgan fingerprint density at radius 3 is 2.29 bits per heavy atom. The topological polar surface area (TPSA) is 92.5 Å². The van der Waals surface area contributed by atoms with Gasteiger partial charge in [0.05, 0.1) is 0 Å². The van der Waals surface area contributed by atoms with Crippen LogP contribution in [-0.4, -0.2) is 17.2 Å². The normalized spacial score (nSPS) is 10.4. The highest BCUT2D eigenvalue weighted by molar-refractivity contribution is 6.60. The van der Waals surface area contributed by atoms with Gasteiger partial charge in [0.15, 0.2) is 0 Å². The molecule has 5 heteroatoms. The number of anilines is 1. The lowest BCUT2D eigenvalue weighted by atomic mass is 9.72. The SMILES string of the molecule is Cc1c(N)cc(CN)c(C)c1B(O)O. The van der Waals surface area contributed by atoms with Gasteiger partial charge in [0.2, 0.25) is 0 Å². The van der Waals surface area contributed by atoms with E-state index in [0.29, 0.717) is 23.3 Å². The molecule has 4 nitrogen and oxygen atoms in total. The molecule has 1 aromatic carbocycles. The number of benzene rings is 1. The highest BCUT2D eigenvalue weighted by atomic mass is 16.4. The van der Waals surface area contributed by atoms with E-state index >= 15 is 0 Å². The molecule has 0 fully saturated rings. The van der Waals surface area contributed by atoms with Crippen LogP contribution in [0.15, 0.2) is 6.07 Å². The molecular formula is C9H15BN2O2. The van der Waals surface area contributed by atoms with Crippen LogP contribution in [0.2, 0.25) is 0 Å². The van der Waals surface area contributed by atoms with Crippen molar-refractivity contribution in [1.29, 1.82) is 0 Å². The van der Waals surface area contributed by atoms with E-state index in [2.05, 4.69) is 0 Å². The molecule has 76 valence electrons. The van der Waals surface area contributed by atoms with Gasteiger partial charge in [-0.15, -0.1) is 0 Å². The summed E-state index contributed by atoms with van der Waals surface area (Å²) in [6.45, 7) is 3.91. The lowest BCUT2D eigenvalue weighted by molar-refractivity contribution is 0.425. The molecule has 0 aliphatic rings. The second-order valence-electron chi connectivity index (χ2n) is 3.37. The quantitative estimate of drug-likeness (QED) is 0.359. The van der Waals surface area contributed by atoms with Gasteiger partial charge in [-0.2, -0.15) is 0 Å². The van der Waals surface area contributed by atoms with Gasteiger partial charge in [-0.3, -0.25) is 0 Å². The average Bonchev–Trinajstić information content (AvgIpc) is 2.11. The summed E-state index contributed by atoms with van der Waals surface area (Å²) in [4.78, 5) is 0. The van der Waals surface area contributed by atoms with Crippen molar-refractivity contribution in [2.24, 2.45) is 5.73 Å². The Kier molecular flexibility index (Phi) is 3.15. The third-order valence-corrected chi connectivity index (χ3v) is 2.53. The monoisotopic (exact) mass is 194 g/mol. The number of rotatable bonds is 2. The van der Waals surface area contributed by atoms with Gasteiger partial charge < -0.3 is 21.5 Å². The summed E-state index contributed by atoms with van der Waals surface area (Å²) in [7, 11) is -1.50. The van der Waals surface area contributed by atoms with Gasteiger partial charge >= 0.3 is 7.12 Å². The molecule has 14 heavy (non-hydrogen) atoms. The average molecular weight is 194 g/mol. The maximum absolute atomic E-state index is 9.19. The molecule has 0 aliphatic carbocycles. The summed E-state index contributed by atoms with van der Waals surface area (Å²) >= 11 is 0. The van der Waals surface area contributed by atoms with Crippen LogP contribution in [0.5, 0.6) is 0 Å².